The molecule has 0 saturated carbocycles. The molecule has 0 spiro atoms. The second kappa shape index (κ2) is 9.95. The van der Waals surface area contributed by atoms with Crippen LogP contribution >= 0.6 is 0 Å². The smallest absolute Gasteiger partial charge is 0.244 e. The molecular formula is C29H30N8O2. The number of hydrogen-bond acceptors (Lipinski definition) is 7. The molecule has 0 unspecified atom stereocenters. The lowest BCUT2D eigenvalue weighted by molar-refractivity contribution is -0.132. The molecule has 1 aromatic carbocycles. The molecule has 0 aliphatic carbocycles. The predicted octanol–water partition coefficient (Wildman–Crippen LogP) is 3.73. The van der Waals surface area contributed by atoms with Crippen LogP contribution in [0.5, 0.6) is 0 Å². The number of fused-ring (bicyclic) bond motifs is 1. The van der Waals surface area contributed by atoms with E-state index in [0.29, 0.717) is 22.6 Å². The summed E-state index contributed by atoms with van der Waals surface area (Å²) in [6.45, 7) is 3.55. The molecule has 1 atom stereocenters. The zero-order valence-electron chi connectivity index (χ0n) is 21.7. The number of H-pyrrole nitrogens is 1. The van der Waals surface area contributed by atoms with Crippen molar-refractivity contribution in [1.29, 1.82) is 0 Å². The summed E-state index contributed by atoms with van der Waals surface area (Å²) in [5.74, 6) is 0.159. The summed E-state index contributed by atoms with van der Waals surface area (Å²) in [4.78, 5) is 31.2. The normalized spacial score (nSPS) is 15.4. The largest absolute Gasteiger partial charge is 0.379 e. The molecule has 10 heteroatoms. The van der Waals surface area contributed by atoms with Crippen molar-refractivity contribution in [1.82, 2.24) is 34.6 Å². The Morgan fingerprint density at radius 3 is 2.67 bits per heavy atom. The Morgan fingerprint density at radius 2 is 1.87 bits per heavy atom. The highest BCUT2D eigenvalue weighted by atomic mass is 16.3. The van der Waals surface area contributed by atoms with Gasteiger partial charge in [-0.2, -0.15) is 5.10 Å². The van der Waals surface area contributed by atoms with Crippen molar-refractivity contribution in [3.8, 4) is 22.4 Å². The highest BCUT2D eigenvalue weighted by molar-refractivity contribution is 5.95. The number of aliphatic hydroxyl groups is 1. The average Bonchev–Trinajstić information content (AvgIpc) is 3.60. The molecule has 1 fully saturated rings. The van der Waals surface area contributed by atoms with Crippen LogP contribution in [-0.4, -0.2) is 58.7 Å². The first-order valence-electron chi connectivity index (χ1n) is 13.1. The molecule has 0 radical (unpaired) electrons. The average molecular weight is 523 g/mol. The van der Waals surface area contributed by atoms with E-state index in [9.17, 15) is 9.90 Å². The number of aromatic nitrogens is 6. The summed E-state index contributed by atoms with van der Waals surface area (Å²) in [5, 5.41) is 16.6. The number of likely N-dealkylation sites (tertiary alicyclic amines) is 1. The van der Waals surface area contributed by atoms with E-state index in [1.165, 1.54) is 6.42 Å². The van der Waals surface area contributed by atoms with Gasteiger partial charge in [-0.15, -0.1) is 0 Å². The van der Waals surface area contributed by atoms with Gasteiger partial charge in [-0.05, 0) is 43.9 Å². The molecule has 198 valence electrons. The SMILES string of the molecule is C[C@](O)(c1ccccc1)c1cc(-c2c[nH]c3ncc(-c4cnn(CC(=O)N5CCCCC5)c4)cc23)nc(N)n1. The minimum absolute atomic E-state index is 0.0665. The van der Waals surface area contributed by atoms with Gasteiger partial charge < -0.3 is 20.7 Å². The molecule has 0 bridgehead atoms. The van der Waals surface area contributed by atoms with Crippen LogP contribution in [0.3, 0.4) is 0 Å². The van der Waals surface area contributed by atoms with Crippen LogP contribution in [0.15, 0.2) is 67.3 Å². The van der Waals surface area contributed by atoms with Gasteiger partial charge in [0, 0.05) is 53.8 Å². The number of anilines is 1. The van der Waals surface area contributed by atoms with Gasteiger partial charge in [-0.1, -0.05) is 30.3 Å². The summed E-state index contributed by atoms with van der Waals surface area (Å²) in [6, 6.07) is 13.1. The number of nitrogens with zero attached hydrogens (tertiary/aromatic N) is 6. The third-order valence-electron chi connectivity index (χ3n) is 7.36. The van der Waals surface area contributed by atoms with Crippen molar-refractivity contribution in [2.75, 3.05) is 18.8 Å². The molecule has 5 aromatic rings. The maximum atomic E-state index is 12.7. The number of nitrogens with one attached hydrogen (secondary N) is 1. The van der Waals surface area contributed by atoms with Crippen LogP contribution in [0.4, 0.5) is 5.95 Å². The zero-order valence-corrected chi connectivity index (χ0v) is 21.7. The summed E-state index contributed by atoms with van der Waals surface area (Å²) in [5.41, 5.74) is 9.60. The highest BCUT2D eigenvalue weighted by Gasteiger charge is 2.29. The quantitative estimate of drug-likeness (QED) is 0.309. The van der Waals surface area contributed by atoms with Crippen LogP contribution < -0.4 is 5.73 Å². The number of carbonyl (C=O) groups excluding carboxylic acids is 1. The molecule has 6 rings (SSSR count). The van der Waals surface area contributed by atoms with E-state index < -0.39 is 5.60 Å². The molecule has 4 aromatic heterocycles. The first-order valence-corrected chi connectivity index (χ1v) is 13.1. The molecule has 4 N–H and O–H groups in total. The number of nitrogens with two attached hydrogens (primary N) is 1. The van der Waals surface area contributed by atoms with E-state index in [0.717, 1.165) is 48.0 Å². The molecule has 1 aliphatic rings. The third-order valence-corrected chi connectivity index (χ3v) is 7.36. The topological polar surface area (TPSA) is 139 Å². The number of piperidine rings is 1. The fraction of sp³-hybridized carbons (Fsp3) is 0.276. The maximum Gasteiger partial charge on any atom is 0.244 e. The number of aromatic amines is 1. The highest BCUT2D eigenvalue weighted by Crippen LogP contribution is 2.34. The van der Waals surface area contributed by atoms with Crippen molar-refractivity contribution in [3.05, 3.63) is 78.5 Å². The monoisotopic (exact) mass is 522 g/mol. The van der Waals surface area contributed by atoms with Crippen molar-refractivity contribution in [2.24, 2.45) is 0 Å². The Hall–Kier alpha value is -4.57. The number of rotatable bonds is 6. The minimum atomic E-state index is -1.36. The Morgan fingerprint density at radius 1 is 1.08 bits per heavy atom. The van der Waals surface area contributed by atoms with E-state index in [1.54, 1.807) is 30.1 Å². The zero-order chi connectivity index (χ0) is 27.0. The van der Waals surface area contributed by atoms with Gasteiger partial charge in [0.1, 0.15) is 17.8 Å². The number of pyridine rings is 1. The minimum Gasteiger partial charge on any atom is -0.379 e. The Balaban J connectivity index is 1.31. The molecule has 10 nitrogen and oxygen atoms in total. The van der Waals surface area contributed by atoms with Gasteiger partial charge in [0.25, 0.3) is 0 Å². The van der Waals surface area contributed by atoms with Gasteiger partial charge in [0.2, 0.25) is 11.9 Å². The lowest BCUT2D eigenvalue weighted by Crippen LogP contribution is -2.37. The number of carbonyl (C=O) groups is 1. The standard InChI is InChI=1S/C29H30N8O2/c1-29(39,21-8-4-2-5-9-21)25-13-24(34-28(30)35-25)23-16-32-27-22(23)12-19(14-31-27)20-15-33-37(17-20)18-26(38)36-10-6-3-7-11-36/h2,4-5,8-9,12-17,39H,3,6-7,10-11,18H2,1H3,(H,31,32)(H2,30,34,35)/t29-/m0/s1. The second-order valence-corrected chi connectivity index (χ2v) is 10.1. The van der Waals surface area contributed by atoms with Crippen LogP contribution in [0.2, 0.25) is 0 Å². The third kappa shape index (κ3) is 4.86. The van der Waals surface area contributed by atoms with E-state index in [1.807, 2.05) is 53.7 Å². The number of amides is 1. The van der Waals surface area contributed by atoms with E-state index >= 15 is 0 Å². The van der Waals surface area contributed by atoms with Crippen molar-refractivity contribution >= 4 is 22.9 Å². The first kappa shape index (κ1) is 24.7. The summed E-state index contributed by atoms with van der Waals surface area (Å²) < 4.78 is 1.68. The van der Waals surface area contributed by atoms with Gasteiger partial charge in [0.15, 0.2) is 0 Å². The Kier molecular flexibility index (Phi) is 6.32. The van der Waals surface area contributed by atoms with Gasteiger partial charge in [-0.3, -0.25) is 9.48 Å². The number of benzene rings is 1. The van der Waals surface area contributed by atoms with Crippen molar-refractivity contribution in [3.63, 3.8) is 0 Å². The molecule has 1 amide bonds. The van der Waals surface area contributed by atoms with E-state index in [2.05, 4.69) is 25.0 Å². The van der Waals surface area contributed by atoms with Gasteiger partial charge >= 0.3 is 0 Å². The van der Waals surface area contributed by atoms with Crippen molar-refractivity contribution < 1.29 is 9.90 Å². The summed E-state index contributed by atoms with van der Waals surface area (Å²) >= 11 is 0. The van der Waals surface area contributed by atoms with E-state index in [-0.39, 0.29) is 18.4 Å². The Bertz CT molecular complexity index is 1630. The van der Waals surface area contributed by atoms with E-state index in [4.69, 9.17) is 5.73 Å². The molecule has 1 aliphatic heterocycles. The molecule has 5 heterocycles. The number of hydrogen-bond donors (Lipinski definition) is 3. The fourth-order valence-electron chi connectivity index (χ4n) is 5.12. The summed E-state index contributed by atoms with van der Waals surface area (Å²) in [7, 11) is 0. The van der Waals surface area contributed by atoms with Gasteiger partial charge in [0.05, 0.1) is 17.6 Å². The predicted molar refractivity (Wildman–Crippen MR) is 148 cm³/mol. The second-order valence-electron chi connectivity index (χ2n) is 10.1. The maximum absolute atomic E-state index is 12.7. The van der Waals surface area contributed by atoms with Crippen LogP contribution in [-0.2, 0) is 16.9 Å². The fourth-order valence-corrected chi connectivity index (χ4v) is 5.12. The van der Waals surface area contributed by atoms with Gasteiger partial charge in [-0.25, -0.2) is 15.0 Å². The lowest BCUT2D eigenvalue weighted by atomic mass is 9.91. The van der Waals surface area contributed by atoms with Crippen molar-refractivity contribution in [2.45, 2.75) is 38.3 Å². The Labute approximate surface area is 225 Å². The summed E-state index contributed by atoms with van der Waals surface area (Å²) in [6.07, 6.45) is 10.5. The molecular weight excluding hydrogens is 492 g/mol. The number of nitrogen functional groups attached to an aromatic ring is 1. The van der Waals surface area contributed by atoms with Crippen LogP contribution in [0.1, 0.15) is 37.4 Å². The van der Waals surface area contributed by atoms with Crippen LogP contribution in [0, 0.1) is 0 Å². The van der Waals surface area contributed by atoms with Crippen LogP contribution in [0.25, 0.3) is 33.4 Å². The lowest BCUT2D eigenvalue weighted by Gasteiger charge is -2.26. The molecule has 1 saturated heterocycles. The molecule has 39 heavy (non-hydrogen) atoms. The first-order chi connectivity index (χ1) is 18.9.